The van der Waals surface area contributed by atoms with Gasteiger partial charge in [0.25, 0.3) is 5.56 Å². The number of nitrogens with one attached hydrogen (secondary N) is 2. The molecule has 0 radical (unpaired) electrons. The first kappa shape index (κ1) is 15.7. The summed E-state index contributed by atoms with van der Waals surface area (Å²) in [4.78, 5) is 35.6. The zero-order valence-corrected chi connectivity index (χ0v) is 14.8. The summed E-state index contributed by atoms with van der Waals surface area (Å²) in [5, 5.41) is 3.86. The molecule has 0 saturated heterocycles. The zero-order valence-electron chi connectivity index (χ0n) is 12.4. The Bertz CT molecular complexity index is 949. The molecule has 24 heavy (non-hydrogen) atoms. The number of aromatic amines is 1. The summed E-state index contributed by atoms with van der Waals surface area (Å²) >= 11 is 4.34. The molecule has 1 aliphatic rings. The minimum atomic E-state index is -0.170. The molecule has 2 aromatic heterocycles. The number of carbonyl (C=O) groups excluding carboxylic acids is 1. The van der Waals surface area contributed by atoms with Gasteiger partial charge in [-0.25, -0.2) is 9.97 Å². The van der Waals surface area contributed by atoms with E-state index in [0.29, 0.717) is 16.0 Å². The van der Waals surface area contributed by atoms with Crippen LogP contribution in [0.1, 0.15) is 11.3 Å². The van der Waals surface area contributed by atoms with Gasteiger partial charge in [-0.2, -0.15) is 11.8 Å². The first-order valence-corrected chi connectivity index (χ1v) is 10.1. The van der Waals surface area contributed by atoms with Crippen LogP contribution in [0.3, 0.4) is 0 Å². The Morgan fingerprint density at radius 2 is 2.17 bits per heavy atom. The Morgan fingerprint density at radius 3 is 3.04 bits per heavy atom. The second kappa shape index (κ2) is 6.58. The Morgan fingerprint density at radius 1 is 1.29 bits per heavy atom. The predicted octanol–water partition coefficient (Wildman–Crippen LogP) is 2.86. The van der Waals surface area contributed by atoms with Crippen LogP contribution in [0, 0.1) is 0 Å². The standard InChI is InChI=1S/C15H12N4O2S3/c20-12(18-15-16-9-3-1-2-4-11(9)24-15)7-23-14-17-10-6-22-5-8(10)13(21)19-14/h1-4H,5-7H2,(H,16,18,20)(H,17,19,21). The maximum absolute atomic E-state index is 12.1. The van der Waals surface area contributed by atoms with E-state index in [1.807, 2.05) is 24.3 Å². The van der Waals surface area contributed by atoms with Gasteiger partial charge < -0.3 is 10.3 Å². The Kier molecular flexibility index (Phi) is 4.30. The topological polar surface area (TPSA) is 87.7 Å². The molecule has 3 heterocycles. The highest BCUT2D eigenvalue weighted by atomic mass is 32.2. The molecule has 0 atom stereocenters. The van der Waals surface area contributed by atoms with E-state index in [1.54, 1.807) is 11.8 Å². The Hall–Kier alpha value is -1.84. The quantitative estimate of drug-likeness (QED) is 0.538. The number of anilines is 1. The summed E-state index contributed by atoms with van der Waals surface area (Å²) in [6.45, 7) is 0. The van der Waals surface area contributed by atoms with E-state index in [4.69, 9.17) is 0 Å². The molecule has 0 fully saturated rings. The fourth-order valence-corrected chi connectivity index (χ4v) is 4.92. The smallest absolute Gasteiger partial charge is 0.255 e. The minimum Gasteiger partial charge on any atom is -0.301 e. The SMILES string of the molecule is O=C(CSc1nc2c(c(=O)[nH]1)CSC2)Nc1nc2ccccc2s1. The van der Waals surface area contributed by atoms with Crippen molar-refractivity contribution in [3.63, 3.8) is 0 Å². The number of thioether (sulfide) groups is 2. The Balaban J connectivity index is 1.41. The summed E-state index contributed by atoms with van der Waals surface area (Å²) in [7, 11) is 0. The van der Waals surface area contributed by atoms with Gasteiger partial charge in [0.05, 0.1) is 21.7 Å². The minimum absolute atomic E-state index is 0.0981. The maximum Gasteiger partial charge on any atom is 0.255 e. The van der Waals surface area contributed by atoms with Gasteiger partial charge in [-0.3, -0.25) is 9.59 Å². The summed E-state index contributed by atoms with van der Waals surface area (Å²) < 4.78 is 1.03. The second-order valence-electron chi connectivity index (χ2n) is 5.11. The van der Waals surface area contributed by atoms with Crippen molar-refractivity contribution >= 4 is 56.1 Å². The molecule has 0 bridgehead atoms. The number of amides is 1. The molecule has 1 amide bonds. The van der Waals surface area contributed by atoms with Crippen LogP contribution in [0.15, 0.2) is 34.2 Å². The first-order valence-electron chi connectivity index (χ1n) is 7.17. The fourth-order valence-electron chi connectivity index (χ4n) is 2.32. The van der Waals surface area contributed by atoms with E-state index in [0.717, 1.165) is 27.2 Å². The van der Waals surface area contributed by atoms with Crippen molar-refractivity contribution in [2.24, 2.45) is 0 Å². The number of fused-ring (bicyclic) bond motifs is 2. The van der Waals surface area contributed by atoms with Gasteiger partial charge in [0, 0.05) is 17.1 Å². The van der Waals surface area contributed by atoms with Crippen molar-refractivity contribution in [1.29, 1.82) is 0 Å². The van der Waals surface area contributed by atoms with E-state index >= 15 is 0 Å². The van der Waals surface area contributed by atoms with Gasteiger partial charge in [0.2, 0.25) is 5.91 Å². The lowest BCUT2D eigenvalue weighted by atomic mass is 10.3. The third-order valence-electron chi connectivity index (χ3n) is 3.44. The van der Waals surface area contributed by atoms with E-state index in [2.05, 4.69) is 20.3 Å². The van der Waals surface area contributed by atoms with E-state index in [1.165, 1.54) is 23.1 Å². The molecule has 0 saturated carbocycles. The number of aromatic nitrogens is 3. The summed E-state index contributed by atoms with van der Waals surface area (Å²) in [6, 6.07) is 7.73. The Labute approximate surface area is 149 Å². The van der Waals surface area contributed by atoms with Gasteiger partial charge in [-0.1, -0.05) is 35.2 Å². The number of benzene rings is 1. The first-order chi connectivity index (χ1) is 11.7. The molecule has 2 N–H and O–H groups in total. The molecule has 0 aliphatic carbocycles. The molecule has 6 nitrogen and oxygen atoms in total. The summed E-state index contributed by atoms with van der Waals surface area (Å²) in [5.74, 6) is 1.47. The van der Waals surface area contributed by atoms with E-state index < -0.39 is 0 Å². The third-order valence-corrected chi connectivity index (χ3v) is 6.24. The number of hydrogen-bond donors (Lipinski definition) is 2. The van der Waals surface area contributed by atoms with Crippen LogP contribution in [-0.4, -0.2) is 26.6 Å². The van der Waals surface area contributed by atoms with Gasteiger partial charge in [0.1, 0.15) is 0 Å². The molecule has 0 unspecified atom stereocenters. The molecule has 3 aromatic rings. The van der Waals surface area contributed by atoms with Crippen molar-refractivity contribution < 1.29 is 4.79 Å². The molecule has 1 aromatic carbocycles. The van der Waals surface area contributed by atoms with Gasteiger partial charge in [-0.05, 0) is 12.1 Å². The highest BCUT2D eigenvalue weighted by molar-refractivity contribution is 7.99. The van der Waals surface area contributed by atoms with Crippen molar-refractivity contribution in [3.05, 3.63) is 45.9 Å². The van der Waals surface area contributed by atoms with Crippen LogP contribution in [-0.2, 0) is 16.3 Å². The number of para-hydroxylation sites is 1. The number of hydrogen-bond acceptors (Lipinski definition) is 7. The van der Waals surface area contributed by atoms with Crippen LogP contribution in [0.4, 0.5) is 5.13 Å². The largest absolute Gasteiger partial charge is 0.301 e. The van der Waals surface area contributed by atoms with Crippen molar-refractivity contribution in [1.82, 2.24) is 15.0 Å². The highest BCUT2D eigenvalue weighted by Crippen LogP contribution is 2.27. The van der Waals surface area contributed by atoms with Crippen LogP contribution < -0.4 is 10.9 Å². The van der Waals surface area contributed by atoms with Crippen LogP contribution in [0.25, 0.3) is 10.2 Å². The number of H-pyrrole nitrogens is 1. The molecule has 122 valence electrons. The number of thiazole rings is 1. The van der Waals surface area contributed by atoms with Crippen molar-refractivity contribution in [3.8, 4) is 0 Å². The van der Waals surface area contributed by atoms with E-state index in [-0.39, 0.29) is 17.2 Å². The second-order valence-corrected chi connectivity index (χ2v) is 8.09. The molecule has 0 spiro atoms. The van der Waals surface area contributed by atoms with Crippen LogP contribution in [0.5, 0.6) is 0 Å². The number of rotatable bonds is 4. The van der Waals surface area contributed by atoms with Gasteiger partial charge >= 0.3 is 0 Å². The predicted molar refractivity (Wildman–Crippen MR) is 98.8 cm³/mol. The van der Waals surface area contributed by atoms with Crippen LogP contribution in [0.2, 0.25) is 0 Å². The fraction of sp³-hybridized carbons (Fsp3) is 0.200. The highest BCUT2D eigenvalue weighted by Gasteiger charge is 2.18. The van der Waals surface area contributed by atoms with E-state index in [9.17, 15) is 9.59 Å². The normalized spacial score (nSPS) is 13.2. The lowest BCUT2D eigenvalue weighted by Gasteiger charge is -2.03. The third kappa shape index (κ3) is 3.19. The van der Waals surface area contributed by atoms with Crippen molar-refractivity contribution in [2.75, 3.05) is 11.1 Å². The average Bonchev–Trinajstić information content (AvgIpc) is 3.18. The van der Waals surface area contributed by atoms with Crippen molar-refractivity contribution in [2.45, 2.75) is 16.7 Å². The lowest BCUT2D eigenvalue weighted by Crippen LogP contribution is -2.17. The summed E-state index contributed by atoms with van der Waals surface area (Å²) in [6.07, 6.45) is 0. The molecule has 9 heteroatoms. The van der Waals surface area contributed by atoms with Gasteiger partial charge in [0.15, 0.2) is 10.3 Å². The average molecular weight is 376 g/mol. The summed E-state index contributed by atoms with van der Waals surface area (Å²) in [5.41, 5.74) is 2.35. The molecular weight excluding hydrogens is 364 g/mol. The molecule has 4 rings (SSSR count). The maximum atomic E-state index is 12.1. The van der Waals surface area contributed by atoms with Gasteiger partial charge in [-0.15, -0.1) is 0 Å². The lowest BCUT2D eigenvalue weighted by molar-refractivity contribution is -0.113. The molecular formula is C15H12N4O2S3. The number of nitrogens with zero attached hydrogens (tertiary/aromatic N) is 2. The number of carbonyl (C=O) groups is 1. The molecule has 1 aliphatic heterocycles. The van der Waals surface area contributed by atoms with Crippen LogP contribution >= 0.6 is 34.9 Å². The zero-order chi connectivity index (χ0) is 16.5. The monoisotopic (exact) mass is 376 g/mol.